The quantitative estimate of drug-likeness (QED) is 0.747. The molecule has 106 valence electrons. The van der Waals surface area contributed by atoms with E-state index in [1.165, 1.54) is 0 Å². The van der Waals surface area contributed by atoms with Gasteiger partial charge in [0, 0.05) is 6.20 Å². The second kappa shape index (κ2) is 4.55. The molecule has 3 N–H and O–H groups in total. The maximum atomic E-state index is 5.94. The fourth-order valence-corrected chi connectivity index (χ4v) is 2.35. The van der Waals surface area contributed by atoms with Crippen LogP contribution in [0.4, 0.5) is 5.82 Å². The molecule has 0 aliphatic carbocycles. The van der Waals surface area contributed by atoms with Crippen LogP contribution in [0.5, 0.6) is 11.5 Å². The molecule has 0 atom stereocenters. The van der Waals surface area contributed by atoms with Gasteiger partial charge in [0.2, 0.25) is 0 Å². The Bertz CT molecular complexity index is 780. The van der Waals surface area contributed by atoms with Crippen molar-refractivity contribution in [1.82, 2.24) is 15.4 Å². The number of H-pyrrole nitrogens is 1. The fourth-order valence-electron chi connectivity index (χ4n) is 2.35. The lowest BCUT2D eigenvalue weighted by molar-refractivity contribution is 0.171. The van der Waals surface area contributed by atoms with Gasteiger partial charge >= 0.3 is 0 Å². The summed E-state index contributed by atoms with van der Waals surface area (Å²) in [6.45, 7) is 1.09. The first-order valence-electron chi connectivity index (χ1n) is 6.48. The molecule has 7 nitrogen and oxygen atoms in total. The van der Waals surface area contributed by atoms with Crippen LogP contribution >= 0.6 is 0 Å². The summed E-state index contributed by atoms with van der Waals surface area (Å²) in [5, 5.41) is 10.6. The van der Waals surface area contributed by atoms with Gasteiger partial charge in [-0.25, -0.2) is 0 Å². The predicted octanol–water partition coefficient (Wildman–Crippen LogP) is 2.09. The van der Waals surface area contributed by atoms with Gasteiger partial charge in [0.1, 0.15) is 18.9 Å². The number of fused-ring (bicyclic) bond motifs is 1. The molecule has 0 radical (unpaired) electrons. The number of hydrogen-bond donors (Lipinski definition) is 2. The zero-order valence-corrected chi connectivity index (χ0v) is 11.0. The van der Waals surface area contributed by atoms with E-state index in [4.69, 9.17) is 19.7 Å². The molecule has 3 heterocycles. The normalized spacial score (nSPS) is 13.3. The van der Waals surface area contributed by atoms with Crippen LogP contribution in [0.3, 0.4) is 0 Å². The van der Waals surface area contributed by atoms with Crippen LogP contribution in [0, 0.1) is 0 Å². The van der Waals surface area contributed by atoms with Crippen LogP contribution in [0.2, 0.25) is 0 Å². The summed E-state index contributed by atoms with van der Waals surface area (Å²) in [7, 11) is 0. The summed E-state index contributed by atoms with van der Waals surface area (Å²) < 4.78 is 16.4. The number of aromatic amines is 1. The van der Waals surface area contributed by atoms with Gasteiger partial charge in [0.25, 0.3) is 0 Å². The topological polar surface area (TPSA) is 99.2 Å². The first-order valence-corrected chi connectivity index (χ1v) is 6.48. The zero-order chi connectivity index (χ0) is 14.2. The monoisotopic (exact) mass is 284 g/mol. The minimum atomic E-state index is 0.316. The van der Waals surface area contributed by atoms with E-state index < -0.39 is 0 Å². The van der Waals surface area contributed by atoms with Gasteiger partial charge in [0.05, 0.1) is 5.56 Å². The smallest absolute Gasteiger partial charge is 0.194 e. The second-order valence-electron chi connectivity index (χ2n) is 4.60. The zero-order valence-electron chi connectivity index (χ0n) is 11.0. The summed E-state index contributed by atoms with van der Waals surface area (Å²) in [5.41, 5.74) is 8.21. The third kappa shape index (κ3) is 1.90. The Hall–Kier alpha value is -2.96. The van der Waals surface area contributed by atoms with Crippen LogP contribution in [0.1, 0.15) is 0 Å². The number of aromatic nitrogens is 3. The van der Waals surface area contributed by atoms with Crippen molar-refractivity contribution in [3.05, 3.63) is 30.5 Å². The number of benzene rings is 1. The van der Waals surface area contributed by atoms with Crippen LogP contribution in [-0.2, 0) is 0 Å². The van der Waals surface area contributed by atoms with E-state index in [9.17, 15) is 0 Å². The summed E-state index contributed by atoms with van der Waals surface area (Å²) in [6, 6.07) is 7.42. The average molecular weight is 284 g/mol. The van der Waals surface area contributed by atoms with E-state index in [1.54, 1.807) is 12.3 Å². The van der Waals surface area contributed by atoms with Gasteiger partial charge in [-0.15, -0.1) is 0 Å². The molecule has 1 aliphatic rings. The molecule has 0 amide bonds. The minimum absolute atomic E-state index is 0.316. The Morgan fingerprint density at radius 1 is 1.10 bits per heavy atom. The van der Waals surface area contributed by atoms with Gasteiger partial charge in [-0.3, -0.25) is 5.10 Å². The Morgan fingerprint density at radius 2 is 1.95 bits per heavy atom. The van der Waals surface area contributed by atoms with Gasteiger partial charge in [0.15, 0.2) is 23.1 Å². The molecule has 2 aromatic heterocycles. The number of nitrogens with zero attached hydrogens (tertiary/aromatic N) is 2. The van der Waals surface area contributed by atoms with E-state index in [2.05, 4.69) is 15.4 Å². The molecule has 0 fully saturated rings. The van der Waals surface area contributed by atoms with Crippen molar-refractivity contribution < 1.29 is 14.0 Å². The molecule has 0 saturated carbocycles. The van der Waals surface area contributed by atoms with Crippen molar-refractivity contribution in [2.45, 2.75) is 0 Å². The maximum Gasteiger partial charge on any atom is 0.194 e. The van der Waals surface area contributed by atoms with E-state index in [1.807, 2.05) is 18.2 Å². The second-order valence-corrected chi connectivity index (χ2v) is 4.60. The van der Waals surface area contributed by atoms with Crippen molar-refractivity contribution in [2.75, 3.05) is 18.9 Å². The van der Waals surface area contributed by atoms with E-state index >= 15 is 0 Å². The molecule has 3 aromatic rings. The molecule has 0 unspecified atom stereocenters. The molecular weight excluding hydrogens is 272 g/mol. The largest absolute Gasteiger partial charge is 0.486 e. The number of rotatable bonds is 2. The number of hydrogen-bond acceptors (Lipinski definition) is 6. The fraction of sp³-hybridized carbons (Fsp3) is 0.143. The lowest BCUT2D eigenvalue weighted by Gasteiger charge is -2.18. The predicted molar refractivity (Wildman–Crippen MR) is 74.9 cm³/mol. The first-order chi connectivity index (χ1) is 10.3. The van der Waals surface area contributed by atoms with Crippen molar-refractivity contribution in [3.63, 3.8) is 0 Å². The highest BCUT2D eigenvalue weighted by Crippen LogP contribution is 2.40. The van der Waals surface area contributed by atoms with Crippen LogP contribution in [0.25, 0.3) is 22.6 Å². The van der Waals surface area contributed by atoms with E-state index in [0.717, 1.165) is 11.3 Å². The van der Waals surface area contributed by atoms with E-state index in [-0.39, 0.29) is 0 Å². The van der Waals surface area contributed by atoms with E-state index in [0.29, 0.717) is 41.8 Å². The Morgan fingerprint density at radius 3 is 2.76 bits per heavy atom. The van der Waals surface area contributed by atoms with Gasteiger partial charge in [-0.1, -0.05) is 11.2 Å². The molecule has 1 aliphatic heterocycles. The Labute approximate surface area is 119 Å². The Kier molecular flexibility index (Phi) is 2.56. The highest BCUT2D eigenvalue weighted by Gasteiger charge is 2.21. The summed E-state index contributed by atoms with van der Waals surface area (Å²) in [5.74, 6) is 2.27. The summed E-state index contributed by atoms with van der Waals surface area (Å²) in [6.07, 6.45) is 1.64. The van der Waals surface area contributed by atoms with Crippen LogP contribution in [0.15, 0.2) is 35.0 Å². The number of anilines is 1. The number of ether oxygens (including phenoxy) is 2. The van der Waals surface area contributed by atoms with Crippen molar-refractivity contribution >= 4 is 5.82 Å². The number of nitrogen functional groups attached to an aromatic ring is 1. The lowest BCUT2D eigenvalue weighted by atomic mass is 10.0. The van der Waals surface area contributed by atoms with Crippen molar-refractivity contribution in [1.29, 1.82) is 0 Å². The van der Waals surface area contributed by atoms with Crippen molar-refractivity contribution in [3.8, 4) is 34.1 Å². The lowest BCUT2D eigenvalue weighted by Crippen LogP contribution is -2.15. The third-order valence-corrected chi connectivity index (χ3v) is 3.29. The van der Waals surface area contributed by atoms with Crippen LogP contribution in [-0.4, -0.2) is 28.6 Å². The highest BCUT2D eigenvalue weighted by molar-refractivity contribution is 5.86. The standard InChI is InChI=1S/C14H12N4O3/c15-14-12(13(21-18-14)9-3-4-16-17-9)8-1-2-10-11(7-8)20-6-5-19-10/h1-4,7H,5-6H2,(H2,15,18)(H,16,17). The molecule has 1 aromatic carbocycles. The minimum Gasteiger partial charge on any atom is -0.486 e. The summed E-state index contributed by atoms with van der Waals surface area (Å²) in [4.78, 5) is 0. The Balaban J connectivity index is 1.85. The highest BCUT2D eigenvalue weighted by atomic mass is 16.6. The first kappa shape index (κ1) is 11.8. The maximum absolute atomic E-state index is 5.94. The molecule has 21 heavy (non-hydrogen) atoms. The summed E-state index contributed by atoms with van der Waals surface area (Å²) >= 11 is 0. The molecule has 0 spiro atoms. The number of nitrogens with one attached hydrogen (secondary N) is 1. The molecular formula is C14H12N4O3. The van der Waals surface area contributed by atoms with Gasteiger partial charge in [-0.2, -0.15) is 5.10 Å². The third-order valence-electron chi connectivity index (χ3n) is 3.29. The molecule has 7 heteroatoms. The SMILES string of the molecule is Nc1noc(-c2ccn[nH]2)c1-c1ccc2c(c1)OCCO2. The molecule has 4 rings (SSSR count). The molecule has 0 bridgehead atoms. The van der Waals surface area contributed by atoms with Crippen molar-refractivity contribution in [2.24, 2.45) is 0 Å². The van der Waals surface area contributed by atoms with Gasteiger partial charge < -0.3 is 19.7 Å². The average Bonchev–Trinajstić information content (AvgIpc) is 3.16. The molecule has 0 saturated heterocycles. The van der Waals surface area contributed by atoms with Crippen LogP contribution < -0.4 is 15.2 Å². The number of nitrogens with two attached hydrogens (primary N) is 1. The van der Waals surface area contributed by atoms with Gasteiger partial charge in [-0.05, 0) is 23.8 Å².